The zero-order valence-corrected chi connectivity index (χ0v) is 6.01. The topological polar surface area (TPSA) is 86.2 Å². The number of aromatic nitrogens is 4. The number of hydrogen-bond acceptors (Lipinski definition) is 4. The summed E-state index contributed by atoms with van der Waals surface area (Å²) in [6, 6.07) is 3.13. The highest BCUT2D eigenvalue weighted by Crippen LogP contribution is 1.97. The van der Waals surface area contributed by atoms with Crippen LogP contribution in [-0.2, 0) is 0 Å². The normalized spacial score (nSPS) is 10.3. The van der Waals surface area contributed by atoms with Crippen LogP contribution in [0.15, 0.2) is 18.5 Å². The van der Waals surface area contributed by atoms with Crippen LogP contribution in [-0.4, -0.2) is 25.7 Å². The standard InChI is InChI=1S/C6H5N5O/c7-6(12)4-1-2-5-9-8-3-11(5)10-4/h1-3H,(H2,7,12). The third-order valence-corrected chi connectivity index (χ3v) is 1.41. The maximum atomic E-state index is 10.7. The molecule has 0 fully saturated rings. The van der Waals surface area contributed by atoms with Crippen molar-refractivity contribution in [3.05, 3.63) is 24.2 Å². The van der Waals surface area contributed by atoms with E-state index < -0.39 is 5.91 Å². The van der Waals surface area contributed by atoms with Crippen molar-refractivity contribution in [1.29, 1.82) is 0 Å². The molecule has 1 amide bonds. The number of hydrogen-bond donors (Lipinski definition) is 1. The highest BCUT2D eigenvalue weighted by atomic mass is 16.1. The number of primary amides is 1. The Morgan fingerprint density at radius 3 is 3.08 bits per heavy atom. The van der Waals surface area contributed by atoms with Crippen LogP contribution >= 0.6 is 0 Å². The molecule has 2 aromatic heterocycles. The van der Waals surface area contributed by atoms with Crippen molar-refractivity contribution in [1.82, 2.24) is 19.8 Å². The number of amides is 1. The lowest BCUT2D eigenvalue weighted by atomic mass is 10.4. The van der Waals surface area contributed by atoms with Gasteiger partial charge in [0.2, 0.25) is 0 Å². The van der Waals surface area contributed by atoms with Gasteiger partial charge in [0.05, 0.1) is 0 Å². The van der Waals surface area contributed by atoms with Crippen LogP contribution in [0.1, 0.15) is 10.5 Å². The van der Waals surface area contributed by atoms with Gasteiger partial charge in [0, 0.05) is 0 Å². The quantitative estimate of drug-likeness (QED) is 0.597. The van der Waals surface area contributed by atoms with E-state index in [0.717, 1.165) is 0 Å². The predicted molar refractivity (Wildman–Crippen MR) is 39.3 cm³/mol. The number of carbonyl (C=O) groups excluding carboxylic acids is 1. The van der Waals surface area contributed by atoms with E-state index >= 15 is 0 Å². The summed E-state index contributed by atoms with van der Waals surface area (Å²) < 4.78 is 1.39. The number of fused-ring (bicyclic) bond motifs is 1. The first kappa shape index (κ1) is 6.71. The van der Waals surface area contributed by atoms with Crippen molar-refractivity contribution in [3.63, 3.8) is 0 Å². The largest absolute Gasteiger partial charge is 0.364 e. The molecule has 0 bridgehead atoms. The summed E-state index contributed by atoms with van der Waals surface area (Å²) in [6.07, 6.45) is 1.40. The average molecular weight is 163 g/mol. The number of nitrogens with two attached hydrogens (primary N) is 1. The second-order valence-corrected chi connectivity index (χ2v) is 2.22. The fourth-order valence-corrected chi connectivity index (χ4v) is 0.860. The minimum Gasteiger partial charge on any atom is -0.364 e. The maximum absolute atomic E-state index is 10.7. The summed E-state index contributed by atoms with van der Waals surface area (Å²) in [7, 11) is 0. The third-order valence-electron chi connectivity index (χ3n) is 1.41. The highest BCUT2D eigenvalue weighted by molar-refractivity contribution is 5.90. The monoisotopic (exact) mass is 163 g/mol. The Labute approximate surface area is 67.0 Å². The Morgan fingerprint density at radius 2 is 2.33 bits per heavy atom. The van der Waals surface area contributed by atoms with Crippen molar-refractivity contribution >= 4 is 11.6 Å². The maximum Gasteiger partial charge on any atom is 0.269 e. The molecule has 0 saturated carbocycles. The molecule has 0 radical (unpaired) electrons. The van der Waals surface area contributed by atoms with Crippen LogP contribution in [0.5, 0.6) is 0 Å². The van der Waals surface area contributed by atoms with Gasteiger partial charge in [-0.15, -0.1) is 10.2 Å². The van der Waals surface area contributed by atoms with E-state index in [1.807, 2.05) is 0 Å². The van der Waals surface area contributed by atoms with Gasteiger partial charge < -0.3 is 5.73 Å². The number of carbonyl (C=O) groups is 1. The van der Waals surface area contributed by atoms with Crippen molar-refractivity contribution in [2.45, 2.75) is 0 Å². The van der Waals surface area contributed by atoms with Crippen LogP contribution < -0.4 is 5.73 Å². The molecule has 12 heavy (non-hydrogen) atoms. The summed E-state index contributed by atoms with van der Waals surface area (Å²) >= 11 is 0. The van der Waals surface area contributed by atoms with Crippen molar-refractivity contribution in [2.24, 2.45) is 5.73 Å². The molecule has 0 atom stereocenters. The lowest BCUT2D eigenvalue weighted by molar-refractivity contribution is 0.0994. The first-order valence-corrected chi connectivity index (χ1v) is 3.24. The Hall–Kier alpha value is -1.98. The Morgan fingerprint density at radius 1 is 1.50 bits per heavy atom. The van der Waals surface area contributed by atoms with E-state index in [2.05, 4.69) is 15.3 Å². The summed E-state index contributed by atoms with van der Waals surface area (Å²) in [5.74, 6) is -0.564. The van der Waals surface area contributed by atoms with Crippen molar-refractivity contribution in [3.8, 4) is 0 Å². The first-order chi connectivity index (χ1) is 5.77. The van der Waals surface area contributed by atoms with E-state index in [1.165, 1.54) is 16.9 Å². The van der Waals surface area contributed by atoms with Crippen molar-refractivity contribution < 1.29 is 4.79 Å². The summed E-state index contributed by atoms with van der Waals surface area (Å²) in [5.41, 5.74) is 5.80. The van der Waals surface area contributed by atoms with Gasteiger partial charge >= 0.3 is 0 Å². The predicted octanol–water partition coefficient (Wildman–Crippen LogP) is -0.777. The summed E-state index contributed by atoms with van der Waals surface area (Å²) in [5, 5.41) is 11.2. The Balaban J connectivity index is 2.68. The van der Waals surface area contributed by atoms with Gasteiger partial charge in [-0.05, 0) is 12.1 Å². The fraction of sp³-hybridized carbons (Fsp3) is 0. The second-order valence-electron chi connectivity index (χ2n) is 2.22. The smallest absolute Gasteiger partial charge is 0.269 e. The second kappa shape index (κ2) is 2.26. The van der Waals surface area contributed by atoms with E-state index in [-0.39, 0.29) is 5.69 Å². The molecule has 6 nitrogen and oxygen atoms in total. The SMILES string of the molecule is NC(=O)c1ccc2nncn2n1. The van der Waals surface area contributed by atoms with E-state index in [9.17, 15) is 4.79 Å². The van der Waals surface area contributed by atoms with Gasteiger partial charge in [-0.2, -0.15) is 9.61 Å². The summed E-state index contributed by atoms with van der Waals surface area (Å²) in [6.45, 7) is 0. The van der Waals surface area contributed by atoms with Crippen LogP contribution in [0.2, 0.25) is 0 Å². The molecule has 0 spiro atoms. The molecule has 0 aliphatic heterocycles. The van der Waals surface area contributed by atoms with E-state index in [4.69, 9.17) is 5.73 Å². The highest BCUT2D eigenvalue weighted by Gasteiger charge is 2.03. The average Bonchev–Trinajstić information content (AvgIpc) is 2.49. The Bertz CT molecular complexity index is 434. The van der Waals surface area contributed by atoms with Crippen molar-refractivity contribution in [2.75, 3.05) is 0 Å². The van der Waals surface area contributed by atoms with Gasteiger partial charge in [-0.25, -0.2) is 0 Å². The lowest BCUT2D eigenvalue weighted by Gasteiger charge is -1.93. The van der Waals surface area contributed by atoms with Gasteiger partial charge in [-0.1, -0.05) is 0 Å². The molecular weight excluding hydrogens is 158 g/mol. The van der Waals surface area contributed by atoms with Gasteiger partial charge in [0.25, 0.3) is 5.91 Å². The minimum atomic E-state index is -0.564. The molecule has 6 heteroatoms. The van der Waals surface area contributed by atoms with Gasteiger partial charge in [-0.3, -0.25) is 4.79 Å². The fourth-order valence-electron chi connectivity index (χ4n) is 0.860. The third kappa shape index (κ3) is 0.895. The molecule has 0 saturated heterocycles. The summed E-state index contributed by atoms with van der Waals surface area (Å²) in [4.78, 5) is 10.7. The zero-order chi connectivity index (χ0) is 8.55. The number of rotatable bonds is 1. The minimum absolute atomic E-state index is 0.197. The molecular formula is C6H5N5O. The van der Waals surface area contributed by atoms with Gasteiger partial charge in [0.15, 0.2) is 5.65 Å². The van der Waals surface area contributed by atoms with Crippen LogP contribution in [0.4, 0.5) is 0 Å². The first-order valence-electron chi connectivity index (χ1n) is 3.24. The molecule has 2 heterocycles. The zero-order valence-electron chi connectivity index (χ0n) is 6.01. The lowest BCUT2D eigenvalue weighted by Crippen LogP contribution is -2.14. The molecule has 60 valence electrons. The van der Waals surface area contributed by atoms with Crippen LogP contribution in [0.25, 0.3) is 5.65 Å². The molecule has 0 aromatic carbocycles. The molecule has 0 aliphatic carbocycles. The van der Waals surface area contributed by atoms with Crippen LogP contribution in [0.3, 0.4) is 0 Å². The van der Waals surface area contributed by atoms with Gasteiger partial charge in [0.1, 0.15) is 12.0 Å². The molecule has 0 aliphatic rings. The molecule has 0 unspecified atom stereocenters. The Kier molecular flexibility index (Phi) is 1.26. The van der Waals surface area contributed by atoms with Crippen LogP contribution in [0, 0.1) is 0 Å². The van der Waals surface area contributed by atoms with E-state index in [1.54, 1.807) is 6.07 Å². The number of nitrogens with zero attached hydrogens (tertiary/aromatic N) is 4. The molecule has 2 aromatic rings. The van der Waals surface area contributed by atoms with E-state index in [0.29, 0.717) is 5.65 Å². The molecule has 2 N–H and O–H groups in total. The molecule has 2 rings (SSSR count).